The summed E-state index contributed by atoms with van der Waals surface area (Å²) in [5.41, 5.74) is 1.14. The van der Waals surface area contributed by atoms with Crippen LogP contribution < -0.4 is 5.32 Å². The van der Waals surface area contributed by atoms with E-state index in [2.05, 4.69) is 10.2 Å². The molecule has 0 unspecified atom stereocenters. The summed E-state index contributed by atoms with van der Waals surface area (Å²) in [7, 11) is 0. The highest BCUT2D eigenvalue weighted by atomic mass is 32.1. The van der Waals surface area contributed by atoms with E-state index in [4.69, 9.17) is 0 Å². The van der Waals surface area contributed by atoms with Gasteiger partial charge in [0, 0.05) is 43.7 Å². The molecule has 1 aromatic rings. The van der Waals surface area contributed by atoms with E-state index < -0.39 is 0 Å². The predicted octanol–water partition coefficient (Wildman–Crippen LogP) is 2.40. The Hall–Kier alpha value is -0.980. The Bertz CT molecular complexity index is 452. The monoisotopic (exact) mass is 281 g/mol. The molecule has 0 radical (unpaired) electrons. The molecule has 5 nitrogen and oxygen atoms in total. The summed E-state index contributed by atoms with van der Waals surface area (Å²) in [6.45, 7) is 4.13. The predicted molar refractivity (Wildman–Crippen MR) is 75.5 cm³/mol. The number of nitro groups is 1. The minimum absolute atomic E-state index is 0.269. The molecule has 6 heteroatoms. The summed E-state index contributed by atoms with van der Waals surface area (Å²) < 4.78 is 0. The van der Waals surface area contributed by atoms with E-state index in [-0.39, 0.29) is 9.92 Å². The molecule has 19 heavy (non-hydrogen) atoms. The van der Waals surface area contributed by atoms with Gasteiger partial charge in [-0.15, -0.1) is 0 Å². The van der Waals surface area contributed by atoms with Gasteiger partial charge in [0.1, 0.15) is 0 Å². The summed E-state index contributed by atoms with van der Waals surface area (Å²) >= 11 is 1.26. The largest absolute Gasteiger partial charge is 0.324 e. The van der Waals surface area contributed by atoms with Crippen molar-refractivity contribution >= 4 is 16.3 Å². The Kier molecular flexibility index (Phi) is 3.81. The van der Waals surface area contributed by atoms with Crippen LogP contribution in [0.25, 0.3) is 0 Å². The van der Waals surface area contributed by atoms with Crippen LogP contribution in [0.1, 0.15) is 30.9 Å². The number of thiophene rings is 1. The van der Waals surface area contributed by atoms with E-state index in [0.29, 0.717) is 6.04 Å². The van der Waals surface area contributed by atoms with Gasteiger partial charge in [-0.2, -0.15) is 0 Å². The second-order valence-corrected chi connectivity index (χ2v) is 6.35. The van der Waals surface area contributed by atoms with Crippen molar-refractivity contribution in [2.24, 2.45) is 5.92 Å². The van der Waals surface area contributed by atoms with Crippen LogP contribution in [0, 0.1) is 16.0 Å². The van der Waals surface area contributed by atoms with Crippen LogP contribution in [0.4, 0.5) is 5.00 Å². The summed E-state index contributed by atoms with van der Waals surface area (Å²) in [5, 5.41) is 16.5. The first-order valence-corrected chi connectivity index (χ1v) is 7.79. The molecular weight excluding hydrogens is 262 g/mol. The number of piperazine rings is 1. The highest BCUT2D eigenvalue weighted by Gasteiger charge is 2.31. The minimum atomic E-state index is -0.278. The molecule has 2 heterocycles. The van der Waals surface area contributed by atoms with Gasteiger partial charge >= 0.3 is 5.00 Å². The maximum absolute atomic E-state index is 10.8. The summed E-state index contributed by atoms with van der Waals surface area (Å²) in [6.07, 6.45) is 3.82. The van der Waals surface area contributed by atoms with Crippen LogP contribution in [0.15, 0.2) is 11.4 Å². The zero-order valence-corrected chi connectivity index (χ0v) is 11.7. The van der Waals surface area contributed by atoms with Crippen molar-refractivity contribution in [2.75, 3.05) is 26.2 Å². The van der Waals surface area contributed by atoms with Crippen LogP contribution in [0.2, 0.25) is 0 Å². The van der Waals surface area contributed by atoms with Crippen LogP contribution in [-0.4, -0.2) is 36.0 Å². The fourth-order valence-corrected chi connectivity index (χ4v) is 3.54. The third-order valence-electron chi connectivity index (χ3n) is 4.02. The molecule has 1 N–H and O–H groups in total. The smallest absolute Gasteiger partial charge is 0.314 e. The number of hydrogen-bond donors (Lipinski definition) is 1. The molecular formula is C13H19N3O2S. The molecule has 1 saturated heterocycles. The van der Waals surface area contributed by atoms with Gasteiger partial charge in [0.15, 0.2) is 0 Å². The van der Waals surface area contributed by atoms with Gasteiger partial charge in [-0.05, 0) is 17.9 Å². The molecule has 0 spiro atoms. The Balaban J connectivity index is 1.77. The van der Waals surface area contributed by atoms with Crippen LogP contribution in [-0.2, 0) is 0 Å². The molecule has 1 saturated carbocycles. The number of hydrogen-bond acceptors (Lipinski definition) is 5. The molecule has 104 valence electrons. The van der Waals surface area contributed by atoms with Gasteiger partial charge in [0.2, 0.25) is 0 Å². The van der Waals surface area contributed by atoms with E-state index in [1.807, 2.05) is 5.38 Å². The van der Waals surface area contributed by atoms with Crippen LogP contribution in [0.3, 0.4) is 0 Å². The second kappa shape index (κ2) is 5.56. The van der Waals surface area contributed by atoms with E-state index in [1.54, 1.807) is 6.07 Å². The number of rotatable bonds is 5. The average molecular weight is 281 g/mol. The first-order valence-electron chi connectivity index (χ1n) is 6.91. The highest BCUT2D eigenvalue weighted by molar-refractivity contribution is 7.13. The summed E-state index contributed by atoms with van der Waals surface area (Å²) in [5.74, 6) is 0.832. The van der Waals surface area contributed by atoms with E-state index in [9.17, 15) is 10.1 Å². The van der Waals surface area contributed by atoms with Crippen molar-refractivity contribution in [3.63, 3.8) is 0 Å². The number of nitrogens with zero attached hydrogens (tertiary/aromatic N) is 2. The lowest BCUT2D eigenvalue weighted by molar-refractivity contribution is -0.380. The van der Waals surface area contributed by atoms with Gasteiger partial charge in [-0.1, -0.05) is 24.2 Å². The third kappa shape index (κ3) is 3.13. The molecule has 0 aromatic carbocycles. The molecule has 2 aliphatic rings. The fraction of sp³-hybridized carbons (Fsp3) is 0.692. The molecule has 3 rings (SSSR count). The van der Waals surface area contributed by atoms with Gasteiger partial charge in [-0.25, -0.2) is 0 Å². The first kappa shape index (κ1) is 13.0. The van der Waals surface area contributed by atoms with Gasteiger partial charge < -0.3 is 5.32 Å². The maximum Gasteiger partial charge on any atom is 0.324 e. The molecule has 1 aromatic heterocycles. The molecule has 1 atom stereocenters. The SMILES string of the molecule is O=[N+]([O-])c1cc([C@@H](CC2CC2)N2CCNCC2)cs1. The van der Waals surface area contributed by atoms with Crippen molar-refractivity contribution in [1.82, 2.24) is 10.2 Å². The molecule has 1 aliphatic heterocycles. The van der Waals surface area contributed by atoms with Crippen molar-refractivity contribution in [3.05, 3.63) is 27.1 Å². The lowest BCUT2D eigenvalue weighted by Crippen LogP contribution is -2.45. The first-order chi connectivity index (χ1) is 9.24. The minimum Gasteiger partial charge on any atom is -0.314 e. The average Bonchev–Trinajstić information content (AvgIpc) is 3.11. The fourth-order valence-electron chi connectivity index (χ4n) is 2.77. The molecule has 0 bridgehead atoms. The third-order valence-corrected chi connectivity index (χ3v) is 4.91. The van der Waals surface area contributed by atoms with Gasteiger partial charge in [0.05, 0.1) is 4.92 Å². The Morgan fingerprint density at radius 2 is 2.21 bits per heavy atom. The lowest BCUT2D eigenvalue weighted by Gasteiger charge is -2.34. The standard InChI is InChI=1S/C13H19N3O2S/c17-16(18)13-8-11(9-19-13)12(7-10-1-2-10)15-5-3-14-4-6-15/h8-10,12,14H,1-7H2/t12-/m1/s1. The zero-order valence-electron chi connectivity index (χ0n) is 10.9. The van der Waals surface area contributed by atoms with Crippen LogP contribution >= 0.6 is 11.3 Å². The Labute approximate surface area is 116 Å². The van der Waals surface area contributed by atoms with Crippen molar-refractivity contribution < 1.29 is 4.92 Å². The second-order valence-electron chi connectivity index (χ2n) is 5.46. The normalized spacial score (nSPS) is 22.3. The quantitative estimate of drug-likeness (QED) is 0.665. The Morgan fingerprint density at radius 3 is 2.79 bits per heavy atom. The lowest BCUT2D eigenvalue weighted by atomic mass is 10.0. The van der Waals surface area contributed by atoms with E-state index in [1.165, 1.54) is 24.2 Å². The molecule has 2 fully saturated rings. The van der Waals surface area contributed by atoms with Crippen LogP contribution in [0.5, 0.6) is 0 Å². The topological polar surface area (TPSA) is 58.4 Å². The van der Waals surface area contributed by atoms with Gasteiger partial charge in [-0.3, -0.25) is 15.0 Å². The van der Waals surface area contributed by atoms with Gasteiger partial charge in [0.25, 0.3) is 0 Å². The zero-order chi connectivity index (χ0) is 13.2. The van der Waals surface area contributed by atoms with E-state index >= 15 is 0 Å². The molecule has 0 amide bonds. The van der Waals surface area contributed by atoms with Crippen molar-refractivity contribution in [2.45, 2.75) is 25.3 Å². The maximum atomic E-state index is 10.8. The Morgan fingerprint density at radius 1 is 1.47 bits per heavy atom. The highest BCUT2D eigenvalue weighted by Crippen LogP contribution is 2.41. The summed E-state index contributed by atoms with van der Waals surface area (Å²) in [4.78, 5) is 13.0. The van der Waals surface area contributed by atoms with Crippen molar-refractivity contribution in [3.8, 4) is 0 Å². The van der Waals surface area contributed by atoms with E-state index in [0.717, 1.165) is 44.1 Å². The van der Waals surface area contributed by atoms with Crippen molar-refractivity contribution in [1.29, 1.82) is 0 Å². The number of nitrogens with one attached hydrogen (secondary N) is 1. The molecule has 1 aliphatic carbocycles. The summed E-state index contributed by atoms with van der Waals surface area (Å²) in [6, 6.07) is 2.15.